The van der Waals surface area contributed by atoms with Crippen molar-refractivity contribution in [2.45, 2.75) is 13.8 Å². The second-order valence-corrected chi connectivity index (χ2v) is 5.01. The Bertz CT molecular complexity index is 706. The van der Waals surface area contributed by atoms with Crippen molar-refractivity contribution in [3.63, 3.8) is 0 Å². The fourth-order valence-corrected chi connectivity index (χ4v) is 2.58. The molecule has 90 valence electrons. The van der Waals surface area contributed by atoms with Gasteiger partial charge in [-0.05, 0) is 24.3 Å². The van der Waals surface area contributed by atoms with Crippen LogP contribution < -0.4 is 9.13 Å². The highest BCUT2D eigenvalue weighted by Crippen LogP contribution is 2.20. The number of hydrogen-bond donors (Lipinski definition) is 0. The van der Waals surface area contributed by atoms with Gasteiger partial charge in [0.1, 0.15) is 14.1 Å². The number of fused-ring (bicyclic) bond motifs is 3. The van der Waals surface area contributed by atoms with Gasteiger partial charge in [0.15, 0.2) is 11.4 Å². The van der Waals surface area contributed by atoms with Crippen LogP contribution in [0.2, 0.25) is 0 Å². The molecule has 0 bridgehead atoms. The van der Waals surface area contributed by atoms with Crippen LogP contribution >= 0.6 is 0 Å². The number of hydrogen-bond acceptors (Lipinski definition) is 0. The Morgan fingerprint density at radius 2 is 0.944 bits per heavy atom. The molecule has 3 aromatic rings. The highest BCUT2D eigenvalue weighted by Gasteiger charge is 2.20. The van der Waals surface area contributed by atoms with Crippen molar-refractivity contribution in [2.75, 3.05) is 0 Å². The molecule has 1 aromatic carbocycles. The molecule has 0 unspecified atom stereocenters. The fourth-order valence-electron chi connectivity index (χ4n) is 2.58. The maximum atomic E-state index is 2.27. The van der Waals surface area contributed by atoms with E-state index in [1.165, 1.54) is 33.2 Å². The Morgan fingerprint density at radius 3 is 1.33 bits per heavy atom. The molecule has 2 aromatic heterocycles. The quantitative estimate of drug-likeness (QED) is 0.419. The summed E-state index contributed by atoms with van der Waals surface area (Å²) in [4.78, 5) is 0. The summed E-state index contributed by atoms with van der Waals surface area (Å²) < 4.78 is 4.55. The lowest BCUT2D eigenvalue weighted by molar-refractivity contribution is -0.670. The number of nitrogens with zero attached hydrogens (tertiary/aromatic N) is 2. The number of aromatic nitrogens is 2. The summed E-state index contributed by atoms with van der Waals surface area (Å²) in [5.74, 6) is 0. The maximum absolute atomic E-state index is 2.27. The van der Waals surface area contributed by atoms with E-state index in [0.717, 1.165) is 0 Å². The first kappa shape index (κ1) is 11.1. The minimum absolute atomic E-state index is 1.27. The van der Waals surface area contributed by atoms with Gasteiger partial charge in [-0.3, -0.25) is 0 Å². The van der Waals surface area contributed by atoms with Crippen molar-refractivity contribution in [3.8, 4) is 0 Å². The van der Waals surface area contributed by atoms with Crippen molar-refractivity contribution in [3.05, 3.63) is 47.8 Å². The van der Waals surface area contributed by atoms with Crippen LogP contribution in [-0.2, 0) is 14.1 Å². The average molecular weight is 238 g/mol. The van der Waals surface area contributed by atoms with Gasteiger partial charge in [0.05, 0.1) is 10.8 Å². The predicted molar refractivity (Wildman–Crippen MR) is 73.3 cm³/mol. The minimum atomic E-state index is 1.27. The molecule has 0 radical (unpaired) electrons. The first-order valence-corrected chi connectivity index (χ1v) is 6.27. The molecule has 3 rings (SSSR count). The Morgan fingerprint density at radius 1 is 0.611 bits per heavy atom. The molecule has 0 aliphatic heterocycles. The van der Waals surface area contributed by atoms with Crippen LogP contribution in [0.3, 0.4) is 0 Å². The highest BCUT2D eigenvalue weighted by atomic mass is 15.0. The van der Waals surface area contributed by atoms with Crippen LogP contribution in [-0.4, -0.2) is 0 Å². The Hall–Kier alpha value is -1.96. The zero-order valence-corrected chi connectivity index (χ0v) is 11.4. The molecule has 0 saturated heterocycles. The van der Waals surface area contributed by atoms with E-state index in [-0.39, 0.29) is 0 Å². The van der Waals surface area contributed by atoms with E-state index in [9.17, 15) is 0 Å². The average Bonchev–Trinajstić information content (AvgIpc) is 2.38. The molecular formula is C16H18N2+2. The second-order valence-electron chi connectivity index (χ2n) is 5.01. The summed E-state index contributed by atoms with van der Waals surface area (Å²) in [7, 11) is 4.28. The summed E-state index contributed by atoms with van der Waals surface area (Å²) in [6.07, 6.45) is 0. The summed E-state index contributed by atoms with van der Waals surface area (Å²) in [6, 6.07) is 13.1. The molecule has 0 aliphatic rings. The van der Waals surface area contributed by atoms with Gasteiger partial charge in [-0.15, -0.1) is 0 Å². The Labute approximate surface area is 107 Å². The topological polar surface area (TPSA) is 7.76 Å². The summed E-state index contributed by atoms with van der Waals surface area (Å²) in [5, 5.41) is 2.58. The van der Waals surface area contributed by atoms with Crippen LogP contribution in [0, 0.1) is 13.8 Å². The van der Waals surface area contributed by atoms with Crippen LogP contribution in [0.4, 0.5) is 0 Å². The zero-order valence-electron chi connectivity index (χ0n) is 11.4. The number of aryl methyl sites for hydroxylation is 4. The molecule has 2 heteroatoms. The van der Waals surface area contributed by atoms with E-state index in [1.807, 2.05) is 0 Å². The lowest BCUT2D eigenvalue weighted by Crippen LogP contribution is -2.38. The van der Waals surface area contributed by atoms with Gasteiger partial charge in [-0.25, -0.2) is 0 Å². The third-order valence-electron chi connectivity index (χ3n) is 3.95. The summed E-state index contributed by atoms with van der Waals surface area (Å²) >= 11 is 0. The van der Waals surface area contributed by atoms with E-state index >= 15 is 0 Å². The van der Waals surface area contributed by atoms with Gasteiger partial charge >= 0.3 is 0 Å². The van der Waals surface area contributed by atoms with Gasteiger partial charge < -0.3 is 0 Å². The first-order chi connectivity index (χ1) is 8.59. The molecule has 2 nitrogen and oxygen atoms in total. The largest absolute Gasteiger partial charge is 0.285 e. The minimum Gasteiger partial charge on any atom is -0.193 e. The molecule has 0 saturated carbocycles. The van der Waals surface area contributed by atoms with Crippen LogP contribution in [0.15, 0.2) is 36.4 Å². The van der Waals surface area contributed by atoms with E-state index < -0.39 is 0 Å². The molecule has 0 amide bonds. The Balaban J connectivity index is 2.67. The number of benzene rings is 1. The fraction of sp³-hybridized carbons (Fsp3) is 0.250. The van der Waals surface area contributed by atoms with Crippen molar-refractivity contribution in [1.29, 1.82) is 0 Å². The van der Waals surface area contributed by atoms with Crippen molar-refractivity contribution >= 4 is 21.8 Å². The standard InChI is InChI=1S/C16H18N2/c1-11-5-7-13-9-10-14-8-6-12(2)18(4)16(14)15(13)17(11)3/h5-10H,1-4H3/q+2. The zero-order chi connectivity index (χ0) is 12.9. The van der Waals surface area contributed by atoms with E-state index in [4.69, 9.17) is 0 Å². The van der Waals surface area contributed by atoms with Gasteiger partial charge in [-0.2, -0.15) is 9.13 Å². The smallest absolute Gasteiger partial charge is 0.193 e. The van der Waals surface area contributed by atoms with Gasteiger partial charge in [0.25, 0.3) is 11.0 Å². The first-order valence-electron chi connectivity index (χ1n) is 6.27. The molecule has 0 atom stereocenters. The summed E-state index contributed by atoms with van der Waals surface area (Å²) in [6.45, 7) is 4.29. The van der Waals surface area contributed by atoms with Crippen LogP contribution in [0.5, 0.6) is 0 Å². The van der Waals surface area contributed by atoms with Gasteiger partial charge in [-0.1, -0.05) is 0 Å². The van der Waals surface area contributed by atoms with E-state index in [1.54, 1.807) is 0 Å². The molecule has 0 spiro atoms. The Kier molecular flexibility index (Phi) is 2.34. The third kappa shape index (κ3) is 1.42. The summed E-state index contributed by atoms with van der Waals surface area (Å²) in [5.41, 5.74) is 5.16. The van der Waals surface area contributed by atoms with Crippen molar-refractivity contribution in [1.82, 2.24) is 0 Å². The van der Waals surface area contributed by atoms with Crippen molar-refractivity contribution < 1.29 is 9.13 Å². The van der Waals surface area contributed by atoms with Gasteiger partial charge in [0, 0.05) is 26.0 Å². The predicted octanol–water partition coefficient (Wildman–Crippen LogP) is 2.26. The number of rotatable bonds is 0. The SMILES string of the molecule is Cc1ccc2ccc3ccc(C)[n+](C)c3c2[n+]1C. The van der Waals surface area contributed by atoms with E-state index in [2.05, 4.69) is 73.5 Å². The lowest BCUT2D eigenvalue weighted by atomic mass is 10.1. The molecule has 2 heterocycles. The molecule has 0 aliphatic carbocycles. The van der Waals surface area contributed by atoms with E-state index in [0.29, 0.717) is 0 Å². The molecular weight excluding hydrogens is 220 g/mol. The third-order valence-corrected chi connectivity index (χ3v) is 3.95. The molecule has 18 heavy (non-hydrogen) atoms. The van der Waals surface area contributed by atoms with Crippen LogP contribution in [0.1, 0.15) is 11.4 Å². The number of pyridine rings is 2. The molecule has 0 N–H and O–H groups in total. The highest BCUT2D eigenvalue weighted by molar-refractivity contribution is 5.98. The van der Waals surface area contributed by atoms with Gasteiger partial charge in [0.2, 0.25) is 0 Å². The normalized spacial score (nSPS) is 11.3. The molecule has 0 fully saturated rings. The van der Waals surface area contributed by atoms with Crippen molar-refractivity contribution in [2.24, 2.45) is 14.1 Å². The second kappa shape index (κ2) is 3.77. The lowest BCUT2D eigenvalue weighted by Gasteiger charge is -2.03. The maximum Gasteiger partial charge on any atom is 0.285 e. The monoisotopic (exact) mass is 238 g/mol. The van der Waals surface area contributed by atoms with Crippen LogP contribution in [0.25, 0.3) is 21.8 Å².